The average Bonchev–Trinajstić information content (AvgIpc) is 2.65. The molecular weight excluding hydrogens is 430 g/mol. The first kappa shape index (κ1) is 19.3. The number of halogens is 2. The van der Waals surface area contributed by atoms with Gasteiger partial charge in [0, 0.05) is 32.5 Å². The summed E-state index contributed by atoms with van der Waals surface area (Å²) in [7, 11) is 0. The number of carbonyl (C=O) groups is 1. The van der Waals surface area contributed by atoms with Crippen LogP contribution in [-0.4, -0.2) is 15.5 Å². The molecule has 7 heteroatoms. The summed E-state index contributed by atoms with van der Waals surface area (Å²) in [5.41, 5.74) is 1.73. The van der Waals surface area contributed by atoms with Gasteiger partial charge in [0.1, 0.15) is 12.4 Å². The van der Waals surface area contributed by atoms with E-state index >= 15 is 0 Å². The molecule has 1 aromatic heterocycles. The molecule has 0 aliphatic rings. The Morgan fingerprint density at radius 1 is 1.19 bits per heavy atom. The van der Waals surface area contributed by atoms with E-state index in [1.54, 1.807) is 30.3 Å². The molecule has 0 bridgehead atoms. The molecule has 0 saturated carbocycles. The van der Waals surface area contributed by atoms with Crippen molar-refractivity contribution < 1.29 is 4.79 Å². The molecule has 0 radical (unpaired) electrons. The molecule has 2 aromatic carbocycles. The number of amides is 1. The van der Waals surface area contributed by atoms with E-state index in [0.29, 0.717) is 34.2 Å². The Balaban J connectivity index is 1.95. The third-order valence-corrected chi connectivity index (χ3v) is 4.70. The molecule has 1 heterocycles. The van der Waals surface area contributed by atoms with Crippen LogP contribution in [0.4, 0.5) is 5.69 Å². The summed E-state index contributed by atoms with van der Waals surface area (Å²) < 4.78 is 2.28. The second-order valence-corrected chi connectivity index (χ2v) is 7.27. The smallest absolute Gasteiger partial charge is 0.254 e. The van der Waals surface area contributed by atoms with Crippen molar-refractivity contribution >= 4 is 39.1 Å². The van der Waals surface area contributed by atoms with Gasteiger partial charge in [-0.1, -0.05) is 46.6 Å². The van der Waals surface area contributed by atoms with Gasteiger partial charge < -0.3 is 5.32 Å². The number of anilines is 1. The third-order valence-electron chi connectivity index (χ3n) is 3.94. The summed E-state index contributed by atoms with van der Waals surface area (Å²) in [5, 5.41) is 3.33. The molecule has 3 aromatic rings. The number of aryl methyl sites for hydroxylation is 1. The van der Waals surface area contributed by atoms with Crippen molar-refractivity contribution in [3.05, 3.63) is 80.1 Å². The van der Waals surface area contributed by atoms with Gasteiger partial charge in [-0.15, -0.1) is 0 Å². The average molecular weight is 447 g/mol. The van der Waals surface area contributed by atoms with Gasteiger partial charge in [-0.2, -0.15) is 0 Å². The number of nitrogens with one attached hydrogen (secondary N) is 1. The predicted molar refractivity (Wildman–Crippen MR) is 111 cm³/mol. The summed E-state index contributed by atoms with van der Waals surface area (Å²) in [6.45, 7) is 1.78. The van der Waals surface area contributed by atoms with Crippen LogP contribution in [0.1, 0.15) is 12.6 Å². The Morgan fingerprint density at radius 3 is 2.59 bits per heavy atom. The van der Waals surface area contributed by atoms with Gasteiger partial charge in [0.15, 0.2) is 0 Å². The normalized spacial score (nSPS) is 10.6. The highest BCUT2D eigenvalue weighted by molar-refractivity contribution is 9.10. The number of aromatic nitrogens is 2. The van der Waals surface area contributed by atoms with Crippen molar-refractivity contribution in [2.75, 3.05) is 5.32 Å². The summed E-state index contributed by atoms with van der Waals surface area (Å²) in [5.74, 6) is 0.113. The number of hydrogen-bond acceptors (Lipinski definition) is 3. The number of benzene rings is 2. The maximum absolute atomic E-state index is 12.6. The maximum Gasteiger partial charge on any atom is 0.254 e. The van der Waals surface area contributed by atoms with E-state index in [4.69, 9.17) is 11.6 Å². The van der Waals surface area contributed by atoms with Gasteiger partial charge in [0.2, 0.25) is 5.91 Å². The molecule has 0 atom stereocenters. The van der Waals surface area contributed by atoms with E-state index in [0.717, 1.165) is 4.47 Å². The van der Waals surface area contributed by atoms with Crippen LogP contribution in [0.2, 0.25) is 5.02 Å². The quantitative estimate of drug-likeness (QED) is 0.626. The van der Waals surface area contributed by atoms with Crippen molar-refractivity contribution in [3.63, 3.8) is 0 Å². The molecule has 1 amide bonds. The van der Waals surface area contributed by atoms with Crippen LogP contribution in [0.15, 0.2) is 63.9 Å². The Labute approximate surface area is 170 Å². The van der Waals surface area contributed by atoms with Crippen molar-refractivity contribution in [1.29, 1.82) is 0 Å². The molecule has 27 heavy (non-hydrogen) atoms. The second-order valence-electron chi connectivity index (χ2n) is 5.91. The van der Waals surface area contributed by atoms with Gasteiger partial charge in [-0.3, -0.25) is 14.2 Å². The van der Waals surface area contributed by atoms with Gasteiger partial charge in [-0.25, -0.2) is 4.98 Å². The molecule has 0 saturated heterocycles. The van der Waals surface area contributed by atoms with E-state index in [1.807, 2.05) is 25.1 Å². The lowest BCUT2D eigenvalue weighted by Crippen LogP contribution is -2.30. The van der Waals surface area contributed by atoms with E-state index in [1.165, 1.54) is 10.6 Å². The number of rotatable bonds is 5. The zero-order chi connectivity index (χ0) is 19.4. The highest BCUT2D eigenvalue weighted by Gasteiger charge is 2.14. The van der Waals surface area contributed by atoms with Gasteiger partial charge in [-0.05, 0) is 42.8 Å². The van der Waals surface area contributed by atoms with Gasteiger partial charge in [0.05, 0.1) is 0 Å². The summed E-state index contributed by atoms with van der Waals surface area (Å²) in [4.78, 5) is 29.7. The lowest BCUT2D eigenvalue weighted by atomic mass is 10.2. The Morgan fingerprint density at radius 2 is 1.93 bits per heavy atom. The lowest BCUT2D eigenvalue weighted by molar-refractivity contribution is -0.116. The fourth-order valence-corrected chi connectivity index (χ4v) is 3.07. The van der Waals surface area contributed by atoms with Crippen LogP contribution in [0.25, 0.3) is 11.4 Å². The first-order valence-electron chi connectivity index (χ1n) is 8.38. The van der Waals surface area contributed by atoms with E-state index < -0.39 is 0 Å². The zero-order valence-electron chi connectivity index (χ0n) is 14.6. The first-order valence-corrected chi connectivity index (χ1v) is 9.55. The van der Waals surface area contributed by atoms with Crippen molar-refractivity contribution in [1.82, 2.24) is 9.55 Å². The molecule has 0 aliphatic carbocycles. The molecular formula is C20H17BrClN3O2. The molecule has 1 N–H and O–H groups in total. The first-order chi connectivity index (χ1) is 13.0. The highest BCUT2D eigenvalue weighted by atomic mass is 79.9. The SMILES string of the molecule is CCc1cc(=O)n(CC(=O)Nc2ccc(Br)cc2)c(-c2cccc(Cl)c2)n1. The zero-order valence-corrected chi connectivity index (χ0v) is 16.9. The molecule has 138 valence electrons. The van der Waals surface area contributed by atoms with Crippen LogP contribution >= 0.6 is 27.5 Å². The molecule has 0 unspecified atom stereocenters. The summed E-state index contributed by atoms with van der Waals surface area (Å²) >= 11 is 9.44. The maximum atomic E-state index is 12.6. The predicted octanol–water partition coefficient (Wildman–Crippen LogP) is 4.53. The third kappa shape index (κ3) is 4.84. The highest BCUT2D eigenvalue weighted by Crippen LogP contribution is 2.21. The molecule has 3 rings (SSSR count). The molecule has 0 fully saturated rings. The summed E-state index contributed by atoms with van der Waals surface area (Å²) in [6.07, 6.45) is 0.620. The Hall–Kier alpha value is -2.44. The van der Waals surface area contributed by atoms with Crippen molar-refractivity contribution in [2.45, 2.75) is 19.9 Å². The topological polar surface area (TPSA) is 64.0 Å². The Kier molecular flexibility index (Phi) is 6.08. The van der Waals surface area contributed by atoms with E-state index in [2.05, 4.69) is 26.2 Å². The minimum atomic E-state index is -0.311. The number of hydrogen-bond donors (Lipinski definition) is 1. The van der Waals surface area contributed by atoms with Crippen LogP contribution in [-0.2, 0) is 17.8 Å². The Bertz CT molecular complexity index is 1030. The summed E-state index contributed by atoms with van der Waals surface area (Å²) in [6, 6.07) is 15.8. The molecule has 5 nitrogen and oxygen atoms in total. The monoisotopic (exact) mass is 445 g/mol. The lowest BCUT2D eigenvalue weighted by Gasteiger charge is -2.14. The van der Waals surface area contributed by atoms with E-state index in [-0.39, 0.29) is 18.0 Å². The standard InChI is InChI=1S/C20H17BrClN3O2/c1-2-16-11-19(27)25(20(24-16)13-4-3-5-15(22)10-13)12-18(26)23-17-8-6-14(21)7-9-17/h3-11H,2,12H2,1H3,(H,23,26). The second kappa shape index (κ2) is 8.50. The van der Waals surface area contributed by atoms with Gasteiger partial charge in [0.25, 0.3) is 5.56 Å². The molecule has 0 aliphatic heterocycles. The van der Waals surface area contributed by atoms with Crippen molar-refractivity contribution in [2.24, 2.45) is 0 Å². The van der Waals surface area contributed by atoms with Crippen LogP contribution in [0, 0.1) is 0 Å². The van der Waals surface area contributed by atoms with Crippen LogP contribution in [0.5, 0.6) is 0 Å². The van der Waals surface area contributed by atoms with Crippen LogP contribution in [0.3, 0.4) is 0 Å². The number of carbonyl (C=O) groups excluding carboxylic acids is 1. The van der Waals surface area contributed by atoms with Crippen molar-refractivity contribution in [3.8, 4) is 11.4 Å². The fourth-order valence-electron chi connectivity index (χ4n) is 2.61. The fraction of sp³-hybridized carbons (Fsp3) is 0.150. The minimum absolute atomic E-state index is 0.145. The molecule has 0 spiro atoms. The number of nitrogens with zero attached hydrogens (tertiary/aromatic N) is 2. The largest absolute Gasteiger partial charge is 0.325 e. The van der Waals surface area contributed by atoms with Gasteiger partial charge >= 0.3 is 0 Å². The minimum Gasteiger partial charge on any atom is -0.325 e. The van der Waals surface area contributed by atoms with Crippen LogP contribution < -0.4 is 10.9 Å². The van der Waals surface area contributed by atoms with E-state index in [9.17, 15) is 9.59 Å².